The molecule has 0 aliphatic heterocycles. The summed E-state index contributed by atoms with van der Waals surface area (Å²) < 4.78 is 0. The van der Waals surface area contributed by atoms with Crippen LogP contribution in [0.1, 0.15) is 52.7 Å². The first-order valence-corrected chi connectivity index (χ1v) is 20.7. The van der Waals surface area contributed by atoms with Crippen molar-refractivity contribution in [1.82, 2.24) is 0 Å². The maximum absolute atomic E-state index is 2.42. The van der Waals surface area contributed by atoms with Gasteiger partial charge in [0.15, 0.2) is 0 Å². The maximum atomic E-state index is 2.42. The van der Waals surface area contributed by atoms with Gasteiger partial charge in [0.1, 0.15) is 0 Å². The first kappa shape index (κ1) is 35.9. The van der Waals surface area contributed by atoms with Gasteiger partial charge in [0.25, 0.3) is 0 Å². The van der Waals surface area contributed by atoms with E-state index >= 15 is 0 Å². The minimum atomic E-state index is 0.0715. The molecule has 0 nitrogen and oxygen atoms in total. The predicted molar refractivity (Wildman–Crippen MR) is 250 cm³/mol. The molecule has 0 amide bonds. The summed E-state index contributed by atoms with van der Waals surface area (Å²) in [6.45, 7) is 13.8. The van der Waals surface area contributed by atoms with E-state index in [-0.39, 0.29) is 10.8 Å². The average Bonchev–Trinajstić information content (AvgIpc) is 3.57. The van der Waals surface area contributed by atoms with Crippen LogP contribution in [-0.4, -0.2) is 0 Å². The molecular formula is C58H48. The van der Waals surface area contributed by atoms with E-state index in [1.807, 2.05) is 0 Å². The fourth-order valence-electron chi connectivity index (χ4n) is 9.30. The minimum absolute atomic E-state index is 0.0715. The van der Waals surface area contributed by atoms with Crippen LogP contribution in [-0.2, 0) is 10.8 Å². The zero-order valence-corrected chi connectivity index (χ0v) is 34.3. The molecular weight excluding hydrogens is 697 g/mol. The van der Waals surface area contributed by atoms with E-state index in [0.29, 0.717) is 0 Å². The van der Waals surface area contributed by atoms with Crippen molar-refractivity contribution in [3.63, 3.8) is 0 Å². The molecule has 58 heavy (non-hydrogen) atoms. The van der Waals surface area contributed by atoms with Gasteiger partial charge in [-0.1, -0.05) is 205 Å². The van der Waals surface area contributed by atoms with Crippen LogP contribution in [0.4, 0.5) is 0 Å². The fourth-order valence-corrected chi connectivity index (χ4v) is 9.30. The third kappa shape index (κ3) is 5.98. The van der Waals surface area contributed by atoms with Crippen LogP contribution in [0.3, 0.4) is 0 Å². The summed E-state index contributed by atoms with van der Waals surface area (Å²) in [6, 6.07) is 68.3. The first-order valence-electron chi connectivity index (χ1n) is 20.7. The summed E-state index contributed by atoms with van der Waals surface area (Å²) in [5.41, 5.74) is 20.6. The Kier molecular flexibility index (Phi) is 8.39. The molecule has 9 aromatic carbocycles. The lowest BCUT2D eigenvalue weighted by Gasteiger charge is -2.23. The normalized spacial score (nSPS) is 12.3. The number of fused-ring (bicyclic) bond motifs is 4. The zero-order chi connectivity index (χ0) is 39.8. The first-order chi connectivity index (χ1) is 28.0. The van der Waals surface area contributed by atoms with Crippen LogP contribution in [0.25, 0.3) is 99.4 Å². The van der Waals surface area contributed by atoms with Crippen LogP contribution >= 0.6 is 0 Å². The Morgan fingerprint density at radius 2 is 0.655 bits per heavy atom. The van der Waals surface area contributed by atoms with Gasteiger partial charge in [-0.05, 0) is 140 Å². The Morgan fingerprint density at radius 3 is 1.12 bits per heavy atom. The lowest BCUT2D eigenvalue weighted by molar-refractivity contribution is 0.590. The number of hydrogen-bond donors (Lipinski definition) is 0. The summed E-state index contributed by atoms with van der Waals surface area (Å²) >= 11 is 0. The van der Waals surface area contributed by atoms with E-state index in [2.05, 4.69) is 224 Å². The molecule has 10 rings (SSSR count). The monoisotopic (exact) mass is 744 g/mol. The van der Waals surface area contributed by atoms with Gasteiger partial charge in [0.2, 0.25) is 0 Å². The molecule has 0 heteroatoms. The smallest absolute Gasteiger partial charge is 0.000741 e. The molecule has 9 aromatic rings. The molecule has 0 heterocycles. The predicted octanol–water partition coefficient (Wildman–Crippen LogP) is 16.6. The average molecular weight is 745 g/mol. The molecule has 0 N–H and O–H groups in total. The van der Waals surface area contributed by atoms with Crippen molar-refractivity contribution in [3.05, 3.63) is 193 Å². The summed E-state index contributed by atoms with van der Waals surface area (Å²) in [4.78, 5) is 0. The van der Waals surface area contributed by atoms with Gasteiger partial charge < -0.3 is 0 Å². The second-order valence-corrected chi connectivity index (χ2v) is 18.1. The highest BCUT2D eigenvalue weighted by molar-refractivity contribution is 6.28. The number of benzene rings is 9. The topological polar surface area (TPSA) is 0 Å². The summed E-state index contributed by atoms with van der Waals surface area (Å²) in [7, 11) is 0. The van der Waals surface area contributed by atoms with E-state index in [0.717, 1.165) is 0 Å². The summed E-state index contributed by atoms with van der Waals surface area (Å²) in [5, 5.41) is 5.18. The molecule has 280 valence electrons. The molecule has 0 saturated carbocycles. The van der Waals surface area contributed by atoms with Crippen LogP contribution in [0, 0.1) is 0 Å². The van der Waals surface area contributed by atoms with E-state index in [1.165, 1.54) is 111 Å². The van der Waals surface area contributed by atoms with Gasteiger partial charge in [-0.3, -0.25) is 0 Å². The Balaban J connectivity index is 1.28. The van der Waals surface area contributed by atoms with E-state index in [1.54, 1.807) is 0 Å². The van der Waals surface area contributed by atoms with Crippen molar-refractivity contribution in [3.8, 4) is 77.9 Å². The lowest BCUT2D eigenvalue weighted by atomic mass is 9.80. The van der Waals surface area contributed by atoms with E-state index < -0.39 is 0 Å². The van der Waals surface area contributed by atoms with Gasteiger partial charge >= 0.3 is 0 Å². The molecule has 0 aromatic heterocycles. The van der Waals surface area contributed by atoms with Crippen molar-refractivity contribution >= 4 is 21.5 Å². The van der Waals surface area contributed by atoms with Crippen LogP contribution in [0.2, 0.25) is 0 Å². The fraction of sp³-hybridized carbons (Fsp3) is 0.138. The summed E-state index contributed by atoms with van der Waals surface area (Å²) in [6.07, 6.45) is 0. The van der Waals surface area contributed by atoms with Gasteiger partial charge in [0.05, 0.1) is 0 Å². The third-order valence-electron chi connectivity index (χ3n) is 12.3. The molecule has 0 bridgehead atoms. The summed E-state index contributed by atoms with van der Waals surface area (Å²) in [5.74, 6) is 0. The van der Waals surface area contributed by atoms with Crippen LogP contribution in [0.5, 0.6) is 0 Å². The highest BCUT2D eigenvalue weighted by Gasteiger charge is 2.31. The third-order valence-corrected chi connectivity index (χ3v) is 12.3. The van der Waals surface area contributed by atoms with Crippen molar-refractivity contribution in [2.75, 3.05) is 0 Å². The largest absolute Gasteiger partial charge is 0.0622 e. The quantitative estimate of drug-likeness (QED) is 0.165. The Bertz CT molecular complexity index is 2840. The maximum Gasteiger partial charge on any atom is -0.000741 e. The number of hydrogen-bond acceptors (Lipinski definition) is 0. The lowest BCUT2D eigenvalue weighted by Crippen LogP contribution is -2.10. The van der Waals surface area contributed by atoms with Crippen molar-refractivity contribution in [1.29, 1.82) is 0 Å². The molecule has 0 radical (unpaired) electrons. The standard InChI is InChI=1S/C58H48/c1-57(2,3)44-28-24-39(25-29-44)52-48-20-13-14-21-49(48)53(40-26-30-45(31-27-40)58(4,5)6)56-51-33-32-46(47-22-15-23-50(54(47)51)55(52)56)43-35-41(37-16-9-7-10-17-37)34-42(36-43)38-18-11-8-12-19-38/h7-36H,1-6H3. The highest BCUT2D eigenvalue weighted by atomic mass is 14.3. The SMILES string of the molecule is CC(C)(C)c1ccc(-c2c3c(c(-c4ccc(C(C)(C)C)cc4)c4ccccc24)-c2ccc(-c4cc(-c5ccccc5)cc(-c5ccccc5)c4)c4cccc-3c24)cc1. The molecule has 1 aliphatic carbocycles. The van der Waals surface area contributed by atoms with Gasteiger partial charge in [-0.25, -0.2) is 0 Å². The Hall–Kier alpha value is -6.50. The van der Waals surface area contributed by atoms with Crippen molar-refractivity contribution in [2.24, 2.45) is 0 Å². The Morgan fingerprint density at radius 1 is 0.259 bits per heavy atom. The molecule has 0 spiro atoms. The van der Waals surface area contributed by atoms with Gasteiger partial charge in [-0.2, -0.15) is 0 Å². The molecule has 0 fully saturated rings. The van der Waals surface area contributed by atoms with Crippen LogP contribution in [0.15, 0.2) is 182 Å². The number of rotatable bonds is 5. The van der Waals surface area contributed by atoms with Gasteiger partial charge in [-0.15, -0.1) is 0 Å². The zero-order valence-electron chi connectivity index (χ0n) is 34.3. The van der Waals surface area contributed by atoms with E-state index in [4.69, 9.17) is 0 Å². The second kappa shape index (κ2) is 13.6. The minimum Gasteiger partial charge on any atom is -0.0622 e. The van der Waals surface area contributed by atoms with Gasteiger partial charge in [0, 0.05) is 0 Å². The molecule has 0 saturated heterocycles. The molecule has 0 unspecified atom stereocenters. The molecule has 0 atom stereocenters. The van der Waals surface area contributed by atoms with Crippen molar-refractivity contribution < 1.29 is 0 Å². The van der Waals surface area contributed by atoms with Crippen LogP contribution < -0.4 is 0 Å². The highest BCUT2D eigenvalue weighted by Crippen LogP contribution is 2.58. The Labute approximate surface area is 343 Å². The second-order valence-electron chi connectivity index (χ2n) is 18.1. The van der Waals surface area contributed by atoms with E-state index in [9.17, 15) is 0 Å². The molecule has 1 aliphatic rings. The van der Waals surface area contributed by atoms with Crippen molar-refractivity contribution in [2.45, 2.75) is 52.4 Å².